The molecule has 0 unspecified atom stereocenters. The first-order chi connectivity index (χ1) is 18.7. The van der Waals surface area contributed by atoms with Gasteiger partial charge < -0.3 is 19.0 Å². The van der Waals surface area contributed by atoms with E-state index in [0.717, 1.165) is 36.0 Å². The Morgan fingerprint density at radius 1 is 0.921 bits per heavy atom. The second-order valence-corrected chi connectivity index (χ2v) is 9.91. The van der Waals surface area contributed by atoms with Gasteiger partial charge in [0.2, 0.25) is 0 Å². The number of nitrogens with zero attached hydrogens (tertiary/aromatic N) is 3. The van der Waals surface area contributed by atoms with Crippen LogP contribution in [0.2, 0.25) is 0 Å². The van der Waals surface area contributed by atoms with Crippen LogP contribution in [0.15, 0.2) is 108 Å². The van der Waals surface area contributed by atoms with Gasteiger partial charge in [0.1, 0.15) is 5.60 Å². The summed E-state index contributed by atoms with van der Waals surface area (Å²) in [5.74, 6) is 0. The lowest BCUT2D eigenvalue weighted by Gasteiger charge is -2.40. The number of imidazole rings is 1. The molecule has 192 valence electrons. The minimum absolute atomic E-state index is 0.0672. The number of aromatic amines is 1. The first kappa shape index (κ1) is 24.3. The fourth-order valence-electron chi connectivity index (χ4n) is 5.88. The first-order valence-corrected chi connectivity index (χ1v) is 12.9. The number of rotatable bonds is 8. The van der Waals surface area contributed by atoms with Crippen LogP contribution in [0.5, 0.6) is 0 Å². The second-order valence-electron chi connectivity index (χ2n) is 9.91. The number of nitrogens with one attached hydrogen (secondary N) is 1. The molecule has 0 amide bonds. The van der Waals surface area contributed by atoms with Gasteiger partial charge in [-0.15, -0.1) is 0 Å². The zero-order chi connectivity index (χ0) is 26.0. The highest BCUT2D eigenvalue weighted by molar-refractivity contribution is 5.69. The second kappa shape index (κ2) is 10.0. The topological polar surface area (TPSA) is 82.0 Å². The summed E-state index contributed by atoms with van der Waals surface area (Å²) in [6.45, 7) is 0.367. The van der Waals surface area contributed by atoms with Gasteiger partial charge >= 0.3 is 0 Å². The van der Waals surface area contributed by atoms with E-state index >= 15 is 0 Å². The van der Waals surface area contributed by atoms with Crippen molar-refractivity contribution < 1.29 is 9.47 Å². The number of benzene rings is 3. The number of hydrogen-bond acceptors (Lipinski definition) is 5. The highest BCUT2D eigenvalue weighted by Gasteiger charge is 2.46. The molecule has 7 nitrogen and oxygen atoms in total. The normalized spacial score (nSPS) is 19.7. The minimum Gasteiger partial charge on any atom is -0.381 e. The minimum atomic E-state index is -0.858. The third-order valence-electron chi connectivity index (χ3n) is 7.82. The summed E-state index contributed by atoms with van der Waals surface area (Å²) in [7, 11) is 1.75. The largest absolute Gasteiger partial charge is 0.381 e. The van der Waals surface area contributed by atoms with E-state index in [0.29, 0.717) is 17.8 Å². The van der Waals surface area contributed by atoms with Gasteiger partial charge in [0.15, 0.2) is 11.2 Å². The number of fused-ring (bicyclic) bond motifs is 1. The molecular weight excluding hydrogens is 476 g/mol. The summed E-state index contributed by atoms with van der Waals surface area (Å²) < 4.78 is 15.1. The molecule has 0 saturated heterocycles. The summed E-state index contributed by atoms with van der Waals surface area (Å²) in [5, 5.41) is 0. The van der Waals surface area contributed by atoms with Gasteiger partial charge in [-0.2, -0.15) is 0 Å². The number of ether oxygens (including phenoxy) is 2. The Morgan fingerprint density at radius 3 is 2.03 bits per heavy atom. The van der Waals surface area contributed by atoms with Crippen molar-refractivity contribution in [3.05, 3.63) is 131 Å². The van der Waals surface area contributed by atoms with Crippen LogP contribution in [0, 0.1) is 0 Å². The summed E-state index contributed by atoms with van der Waals surface area (Å²) in [6.07, 6.45) is 5.62. The van der Waals surface area contributed by atoms with Gasteiger partial charge in [0.25, 0.3) is 5.56 Å². The monoisotopic (exact) mass is 506 g/mol. The Labute approximate surface area is 221 Å². The third-order valence-corrected chi connectivity index (χ3v) is 7.82. The Kier molecular flexibility index (Phi) is 6.39. The molecule has 1 aliphatic carbocycles. The number of methoxy groups -OCH3 is 1. The van der Waals surface area contributed by atoms with Crippen molar-refractivity contribution in [3.63, 3.8) is 0 Å². The zero-order valence-electron chi connectivity index (χ0n) is 21.3. The lowest BCUT2D eigenvalue weighted by Crippen LogP contribution is -2.42. The van der Waals surface area contributed by atoms with Gasteiger partial charge in [-0.3, -0.25) is 4.79 Å². The molecule has 5 aromatic rings. The van der Waals surface area contributed by atoms with E-state index in [1.54, 1.807) is 13.4 Å². The standard InChI is InChI=1S/C31H30N4O3/c1-37-26-17-18-30(19-26,35-22-34-27-28(35)32-21-33-29(27)36)20-38-31(23-11-5-2-6-12-23,24-13-7-3-8-14-24)25-15-9-4-10-16-25/h2-16,21-22,26H,17-20H2,1H3,(H,32,33,36)/t26-,30+/m1/s1. The molecule has 0 aliphatic heterocycles. The molecule has 6 rings (SSSR count). The average Bonchev–Trinajstić information content (AvgIpc) is 3.61. The fourth-order valence-corrected chi connectivity index (χ4v) is 5.88. The maximum atomic E-state index is 12.5. The molecule has 1 N–H and O–H groups in total. The van der Waals surface area contributed by atoms with E-state index in [9.17, 15) is 4.79 Å². The molecule has 2 heterocycles. The van der Waals surface area contributed by atoms with Crippen LogP contribution in [0.25, 0.3) is 11.2 Å². The molecule has 1 aliphatic rings. The van der Waals surface area contributed by atoms with Crippen molar-refractivity contribution in [1.82, 2.24) is 19.5 Å². The van der Waals surface area contributed by atoms with E-state index in [4.69, 9.17) is 9.47 Å². The van der Waals surface area contributed by atoms with Gasteiger partial charge in [0.05, 0.1) is 30.9 Å². The highest BCUT2D eigenvalue weighted by Crippen LogP contribution is 2.45. The predicted molar refractivity (Wildman–Crippen MR) is 146 cm³/mol. The predicted octanol–water partition coefficient (Wildman–Crippen LogP) is 5.02. The van der Waals surface area contributed by atoms with Crippen LogP contribution in [0.3, 0.4) is 0 Å². The summed E-state index contributed by atoms with van der Waals surface area (Å²) in [5.41, 5.74) is 2.39. The fraction of sp³-hybridized carbons (Fsp3) is 0.258. The molecule has 1 fully saturated rings. The molecule has 7 heteroatoms. The summed E-state index contributed by atoms with van der Waals surface area (Å²) in [6, 6.07) is 31.1. The van der Waals surface area contributed by atoms with Gasteiger partial charge in [-0.1, -0.05) is 91.0 Å². The Hall–Kier alpha value is -4.07. The van der Waals surface area contributed by atoms with Crippen LogP contribution in [-0.4, -0.2) is 39.3 Å². The maximum Gasteiger partial charge on any atom is 0.278 e. The van der Waals surface area contributed by atoms with Gasteiger partial charge in [-0.25, -0.2) is 9.97 Å². The maximum absolute atomic E-state index is 12.5. The van der Waals surface area contributed by atoms with E-state index < -0.39 is 11.1 Å². The van der Waals surface area contributed by atoms with Gasteiger partial charge in [-0.05, 0) is 36.0 Å². The Balaban J connectivity index is 1.52. The van der Waals surface area contributed by atoms with E-state index in [1.165, 1.54) is 6.33 Å². The Bertz CT molecular complexity index is 1470. The first-order valence-electron chi connectivity index (χ1n) is 12.9. The number of aromatic nitrogens is 4. The van der Waals surface area contributed by atoms with Crippen LogP contribution in [0.1, 0.15) is 36.0 Å². The molecule has 1 saturated carbocycles. The highest BCUT2D eigenvalue weighted by atomic mass is 16.5. The van der Waals surface area contributed by atoms with Crippen molar-refractivity contribution in [2.24, 2.45) is 0 Å². The van der Waals surface area contributed by atoms with Crippen molar-refractivity contribution in [2.75, 3.05) is 13.7 Å². The molecule has 0 bridgehead atoms. The van der Waals surface area contributed by atoms with Crippen molar-refractivity contribution in [2.45, 2.75) is 36.5 Å². The molecule has 38 heavy (non-hydrogen) atoms. The van der Waals surface area contributed by atoms with Crippen molar-refractivity contribution in [3.8, 4) is 0 Å². The lowest BCUT2D eigenvalue weighted by atomic mass is 9.79. The molecular formula is C31H30N4O3. The Morgan fingerprint density at radius 2 is 1.50 bits per heavy atom. The van der Waals surface area contributed by atoms with Crippen LogP contribution in [-0.2, 0) is 20.6 Å². The van der Waals surface area contributed by atoms with Crippen LogP contribution < -0.4 is 5.56 Å². The smallest absolute Gasteiger partial charge is 0.278 e. The molecule has 3 aromatic carbocycles. The number of hydrogen-bond donors (Lipinski definition) is 1. The molecule has 2 aromatic heterocycles. The zero-order valence-corrected chi connectivity index (χ0v) is 21.3. The van der Waals surface area contributed by atoms with E-state index in [2.05, 4.69) is 51.4 Å². The lowest BCUT2D eigenvalue weighted by molar-refractivity contribution is -0.0385. The molecule has 0 spiro atoms. The molecule has 0 radical (unpaired) electrons. The van der Waals surface area contributed by atoms with Crippen LogP contribution >= 0.6 is 0 Å². The van der Waals surface area contributed by atoms with Gasteiger partial charge in [0, 0.05) is 7.11 Å². The van der Waals surface area contributed by atoms with Crippen molar-refractivity contribution in [1.29, 1.82) is 0 Å². The van der Waals surface area contributed by atoms with Crippen LogP contribution in [0.4, 0.5) is 0 Å². The third kappa shape index (κ3) is 4.04. The summed E-state index contributed by atoms with van der Waals surface area (Å²) >= 11 is 0. The summed E-state index contributed by atoms with van der Waals surface area (Å²) in [4.78, 5) is 24.1. The van der Waals surface area contributed by atoms with E-state index in [1.807, 2.05) is 59.2 Å². The molecule has 2 atom stereocenters. The average molecular weight is 507 g/mol. The number of H-pyrrole nitrogens is 1. The SMILES string of the molecule is CO[C@@H]1CC[C@](COC(c2ccccc2)(c2ccccc2)c2ccccc2)(n2cnc3c(=O)[nH]cnc32)C1. The van der Waals surface area contributed by atoms with E-state index in [-0.39, 0.29) is 11.7 Å². The quantitative estimate of drug-likeness (QED) is 0.299. The van der Waals surface area contributed by atoms with Crippen molar-refractivity contribution >= 4 is 11.2 Å².